The largest absolute Gasteiger partial charge is 0.387 e. The average Bonchev–Trinajstić information content (AvgIpc) is 2.53. The molecule has 1 aromatic rings. The third-order valence-corrected chi connectivity index (χ3v) is 4.58. The maximum atomic E-state index is 10.4. The van der Waals surface area contributed by atoms with Crippen molar-refractivity contribution in [1.29, 1.82) is 0 Å². The number of aliphatic hydroxyl groups is 1. The number of likely N-dealkylation sites (tertiary alicyclic amines) is 1. The predicted octanol–water partition coefficient (Wildman–Crippen LogP) is 2.82. The van der Waals surface area contributed by atoms with Gasteiger partial charge in [0.05, 0.1) is 6.10 Å². The fourth-order valence-electron chi connectivity index (χ4n) is 3.23. The van der Waals surface area contributed by atoms with Crippen LogP contribution in [0.3, 0.4) is 0 Å². The molecule has 1 aliphatic heterocycles. The van der Waals surface area contributed by atoms with Gasteiger partial charge in [-0.1, -0.05) is 37.3 Å². The van der Waals surface area contributed by atoms with Crippen LogP contribution in [0.2, 0.25) is 0 Å². The van der Waals surface area contributed by atoms with Crippen LogP contribution in [-0.2, 0) is 0 Å². The molecule has 0 bridgehead atoms. The summed E-state index contributed by atoms with van der Waals surface area (Å²) in [4.78, 5) is 2.43. The normalized spacial score (nSPS) is 22.9. The van der Waals surface area contributed by atoms with E-state index in [1.807, 2.05) is 30.3 Å². The molecule has 1 heterocycles. The number of piperidine rings is 1. The number of hydrogen-bond donors (Lipinski definition) is 2. The highest BCUT2D eigenvalue weighted by molar-refractivity contribution is 5.17. The number of rotatable bonds is 7. The Morgan fingerprint density at radius 2 is 2.10 bits per heavy atom. The Morgan fingerprint density at radius 3 is 2.81 bits per heavy atom. The van der Waals surface area contributed by atoms with Crippen LogP contribution < -0.4 is 5.32 Å². The van der Waals surface area contributed by atoms with Gasteiger partial charge in [0.1, 0.15) is 0 Å². The highest BCUT2D eigenvalue weighted by atomic mass is 16.3. The minimum atomic E-state index is -0.371. The van der Waals surface area contributed by atoms with Gasteiger partial charge in [-0.05, 0) is 50.8 Å². The molecule has 1 fully saturated rings. The van der Waals surface area contributed by atoms with Gasteiger partial charge in [-0.3, -0.25) is 0 Å². The van der Waals surface area contributed by atoms with E-state index >= 15 is 0 Å². The van der Waals surface area contributed by atoms with Gasteiger partial charge in [-0.2, -0.15) is 0 Å². The Labute approximate surface area is 129 Å². The summed E-state index contributed by atoms with van der Waals surface area (Å²) in [6.07, 6.45) is 3.36. The summed E-state index contributed by atoms with van der Waals surface area (Å²) >= 11 is 0. The van der Waals surface area contributed by atoms with Gasteiger partial charge < -0.3 is 15.3 Å². The van der Waals surface area contributed by atoms with E-state index in [2.05, 4.69) is 24.1 Å². The third kappa shape index (κ3) is 5.10. The lowest BCUT2D eigenvalue weighted by atomic mass is 9.91. The van der Waals surface area contributed by atoms with Gasteiger partial charge in [-0.25, -0.2) is 0 Å². The quantitative estimate of drug-likeness (QED) is 0.810. The molecule has 21 heavy (non-hydrogen) atoms. The zero-order valence-corrected chi connectivity index (χ0v) is 13.5. The maximum absolute atomic E-state index is 10.4. The Balaban J connectivity index is 1.83. The molecule has 0 amide bonds. The van der Waals surface area contributed by atoms with Gasteiger partial charge >= 0.3 is 0 Å². The molecule has 0 spiro atoms. The van der Waals surface area contributed by atoms with E-state index in [0.717, 1.165) is 31.7 Å². The minimum absolute atomic E-state index is 0.371. The summed E-state index contributed by atoms with van der Waals surface area (Å²) < 4.78 is 0. The van der Waals surface area contributed by atoms with Crippen molar-refractivity contribution in [2.24, 2.45) is 5.92 Å². The van der Waals surface area contributed by atoms with Crippen LogP contribution >= 0.6 is 0 Å². The predicted molar refractivity (Wildman–Crippen MR) is 88.3 cm³/mol. The van der Waals surface area contributed by atoms with E-state index in [9.17, 15) is 5.11 Å². The summed E-state index contributed by atoms with van der Waals surface area (Å²) in [7, 11) is 0. The Bertz CT molecular complexity index is 395. The Kier molecular flexibility index (Phi) is 6.68. The van der Waals surface area contributed by atoms with Crippen LogP contribution in [0.1, 0.15) is 44.8 Å². The third-order valence-electron chi connectivity index (χ3n) is 4.58. The van der Waals surface area contributed by atoms with Crippen LogP contribution in [0, 0.1) is 5.92 Å². The molecule has 1 saturated heterocycles. The molecular formula is C18H30N2O. The van der Waals surface area contributed by atoms with Crippen molar-refractivity contribution in [2.45, 2.75) is 45.3 Å². The summed E-state index contributed by atoms with van der Waals surface area (Å²) in [5.74, 6) is 0.702. The molecule has 0 aromatic heterocycles. The fraction of sp³-hybridized carbons (Fsp3) is 0.667. The van der Waals surface area contributed by atoms with Crippen molar-refractivity contribution >= 4 is 0 Å². The molecule has 3 atom stereocenters. The van der Waals surface area contributed by atoms with E-state index in [-0.39, 0.29) is 6.10 Å². The molecular weight excluding hydrogens is 260 g/mol. The SMILES string of the molecule is CCCNC(C)C1CCCN(CC(O)c2ccccc2)C1. The molecule has 1 aliphatic rings. The molecule has 3 nitrogen and oxygen atoms in total. The Morgan fingerprint density at radius 1 is 1.33 bits per heavy atom. The van der Waals surface area contributed by atoms with Crippen LogP contribution in [-0.4, -0.2) is 42.2 Å². The minimum Gasteiger partial charge on any atom is -0.387 e. The van der Waals surface area contributed by atoms with E-state index in [4.69, 9.17) is 0 Å². The number of β-amino-alcohol motifs (C(OH)–C–C–N with tert-alkyl or cyclic N) is 1. The van der Waals surface area contributed by atoms with Gasteiger partial charge in [0.2, 0.25) is 0 Å². The van der Waals surface area contributed by atoms with Gasteiger partial charge in [0.15, 0.2) is 0 Å². The number of nitrogens with one attached hydrogen (secondary N) is 1. The van der Waals surface area contributed by atoms with Crippen molar-refractivity contribution in [3.8, 4) is 0 Å². The molecule has 2 rings (SSSR count). The molecule has 0 radical (unpaired) electrons. The van der Waals surface area contributed by atoms with Crippen molar-refractivity contribution in [3.05, 3.63) is 35.9 Å². The highest BCUT2D eigenvalue weighted by Crippen LogP contribution is 2.22. The van der Waals surface area contributed by atoms with Crippen LogP contribution in [0.5, 0.6) is 0 Å². The van der Waals surface area contributed by atoms with Crippen LogP contribution in [0.25, 0.3) is 0 Å². The average molecular weight is 290 g/mol. The fourth-order valence-corrected chi connectivity index (χ4v) is 3.23. The van der Waals surface area contributed by atoms with Gasteiger partial charge in [0.25, 0.3) is 0 Å². The maximum Gasteiger partial charge on any atom is 0.0916 e. The van der Waals surface area contributed by atoms with Crippen molar-refractivity contribution < 1.29 is 5.11 Å². The summed E-state index contributed by atoms with van der Waals surface area (Å²) in [6.45, 7) is 8.58. The first kappa shape index (κ1) is 16.5. The lowest BCUT2D eigenvalue weighted by Crippen LogP contribution is -2.45. The highest BCUT2D eigenvalue weighted by Gasteiger charge is 2.25. The molecule has 2 N–H and O–H groups in total. The first-order valence-electron chi connectivity index (χ1n) is 8.39. The standard InChI is InChI=1S/C18H30N2O/c1-3-11-19-15(2)17-10-7-12-20(13-17)14-18(21)16-8-5-4-6-9-16/h4-6,8-9,15,17-19,21H,3,7,10-14H2,1-2H3. The molecule has 118 valence electrons. The van der Waals surface area contributed by atoms with Crippen molar-refractivity contribution in [2.75, 3.05) is 26.2 Å². The smallest absolute Gasteiger partial charge is 0.0916 e. The van der Waals surface area contributed by atoms with E-state index in [1.54, 1.807) is 0 Å². The van der Waals surface area contributed by atoms with E-state index in [1.165, 1.54) is 19.3 Å². The number of aliphatic hydroxyl groups excluding tert-OH is 1. The Hall–Kier alpha value is -0.900. The van der Waals surface area contributed by atoms with Gasteiger partial charge in [-0.15, -0.1) is 0 Å². The zero-order chi connectivity index (χ0) is 15.1. The number of benzene rings is 1. The van der Waals surface area contributed by atoms with Crippen LogP contribution in [0.4, 0.5) is 0 Å². The summed E-state index contributed by atoms with van der Waals surface area (Å²) in [5.41, 5.74) is 1.02. The lowest BCUT2D eigenvalue weighted by molar-refractivity contribution is 0.0770. The monoisotopic (exact) mass is 290 g/mol. The van der Waals surface area contributed by atoms with E-state index < -0.39 is 0 Å². The second-order valence-corrected chi connectivity index (χ2v) is 6.33. The lowest BCUT2D eigenvalue weighted by Gasteiger charge is -2.37. The van der Waals surface area contributed by atoms with E-state index in [0.29, 0.717) is 12.0 Å². The molecule has 3 unspecified atom stereocenters. The molecule has 3 heteroatoms. The van der Waals surface area contributed by atoms with Crippen molar-refractivity contribution in [3.63, 3.8) is 0 Å². The number of hydrogen-bond acceptors (Lipinski definition) is 3. The topological polar surface area (TPSA) is 35.5 Å². The number of nitrogens with zero attached hydrogens (tertiary/aromatic N) is 1. The second-order valence-electron chi connectivity index (χ2n) is 6.33. The first-order chi connectivity index (χ1) is 10.2. The van der Waals surface area contributed by atoms with Gasteiger partial charge in [0, 0.05) is 19.1 Å². The molecule has 0 aliphatic carbocycles. The van der Waals surface area contributed by atoms with Crippen LogP contribution in [0.15, 0.2) is 30.3 Å². The summed E-state index contributed by atoms with van der Waals surface area (Å²) in [6, 6.07) is 10.6. The zero-order valence-electron chi connectivity index (χ0n) is 13.5. The van der Waals surface area contributed by atoms with Crippen molar-refractivity contribution in [1.82, 2.24) is 10.2 Å². The first-order valence-corrected chi connectivity index (χ1v) is 8.39. The summed E-state index contributed by atoms with van der Waals surface area (Å²) in [5, 5.41) is 14.0. The molecule has 0 saturated carbocycles. The molecule has 1 aromatic carbocycles. The second kappa shape index (κ2) is 8.52.